The van der Waals surface area contributed by atoms with E-state index in [0.717, 1.165) is 76.9 Å². The molecule has 0 spiro atoms. The maximum absolute atomic E-state index is 6.93. The van der Waals surface area contributed by atoms with Gasteiger partial charge in [-0.25, -0.2) is 15.0 Å². The van der Waals surface area contributed by atoms with E-state index < -0.39 is 0 Å². The summed E-state index contributed by atoms with van der Waals surface area (Å²) in [6, 6.07) is 68.7. The Morgan fingerprint density at radius 2 is 0.883 bits per heavy atom. The molecule has 60 heavy (non-hydrogen) atoms. The first-order chi connectivity index (χ1) is 29.7. The van der Waals surface area contributed by atoms with Crippen molar-refractivity contribution in [1.82, 2.24) is 19.5 Å². The van der Waals surface area contributed by atoms with Crippen LogP contribution in [0.25, 0.3) is 127 Å². The molecule has 278 valence electrons. The van der Waals surface area contributed by atoms with E-state index in [4.69, 9.17) is 19.4 Å². The Balaban J connectivity index is 1.18. The first-order valence-electron chi connectivity index (χ1n) is 20.3. The van der Waals surface area contributed by atoms with Gasteiger partial charge in [-0.1, -0.05) is 146 Å². The monoisotopic (exact) mass is 764 g/mol. The highest BCUT2D eigenvalue weighted by Gasteiger charge is 2.25. The molecule has 0 unspecified atom stereocenters. The number of rotatable bonds is 4. The fraction of sp³-hybridized carbons (Fsp3) is 0. The normalized spacial score (nSPS) is 12.0. The zero-order chi connectivity index (χ0) is 39.3. The van der Waals surface area contributed by atoms with E-state index in [1.165, 1.54) is 32.3 Å². The van der Waals surface area contributed by atoms with Gasteiger partial charge in [-0.3, -0.25) is 0 Å². The molecule has 5 heteroatoms. The molecule has 0 aliphatic rings. The highest BCUT2D eigenvalue weighted by molar-refractivity contribution is 6.24. The van der Waals surface area contributed by atoms with E-state index in [9.17, 15) is 0 Å². The average Bonchev–Trinajstić information content (AvgIpc) is 3.85. The molecule has 5 nitrogen and oxygen atoms in total. The molecule has 0 aliphatic heterocycles. The Labute approximate surface area is 343 Å². The molecule has 0 atom stereocenters. The van der Waals surface area contributed by atoms with Crippen molar-refractivity contribution in [2.45, 2.75) is 0 Å². The maximum Gasteiger partial charge on any atom is 0.170 e. The Morgan fingerprint density at radius 3 is 1.57 bits per heavy atom. The Kier molecular flexibility index (Phi) is 6.95. The Hall–Kier alpha value is -8.15. The van der Waals surface area contributed by atoms with Crippen LogP contribution < -0.4 is 0 Å². The van der Waals surface area contributed by atoms with Gasteiger partial charge in [0.2, 0.25) is 0 Å². The quantitative estimate of drug-likeness (QED) is 0.179. The Bertz CT molecular complexity index is 3820. The molecule has 0 radical (unpaired) electrons. The number of fused-ring (bicyclic) bond motifs is 11. The minimum Gasteiger partial charge on any atom is -0.455 e. The lowest BCUT2D eigenvalue weighted by Crippen LogP contribution is -2.04. The third-order valence-electron chi connectivity index (χ3n) is 12.2. The van der Waals surface area contributed by atoms with Gasteiger partial charge in [0, 0.05) is 32.7 Å². The summed E-state index contributed by atoms with van der Waals surface area (Å²) in [5, 5.41) is 13.7. The third-order valence-corrected chi connectivity index (χ3v) is 12.2. The Morgan fingerprint density at radius 1 is 0.350 bits per heavy atom. The molecule has 0 saturated carbocycles. The average molecular weight is 765 g/mol. The van der Waals surface area contributed by atoms with Crippen LogP contribution in [0, 0.1) is 0 Å². The number of benzene rings is 10. The minimum absolute atomic E-state index is 0.535. The second-order valence-electron chi connectivity index (χ2n) is 15.6. The highest BCUT2D eigenvalue weighted by Crippen LogP contribution is 2.44. The molecule has 3 aromatic heterocycles. The highest BCUT2D eigenvalue weighted by atomic mass is 16.3. The fourth-order valence-electron chi connectivity index (χ4n) is 9.32. The molecule has 0 amide bonds. The number of aromatic nitrogens is 4. The zero-order valence-corrected chi connectivity index (χ0v) is 32.2. The SMILES string of the molecule is c1ccc2cc(-c3nc(-c4ccc5ccccc5c4)nc(-c4c(-n5c6cc7ccccc7cc6c6c7ccccc7ccc65)ccc5c4oc4ccccc45)n3)ccc2c1. The van der Waals surface area contributed by atoms with Gasteiger partial charge in [0.05, 0.1) is 22.3 Å². The maximum atomic E-state index is 6.93. The summed E-state index contributed by atoms with van der Waals surface area (Å²) in [5.74, 6) is 1.71. The van der Waals surface area contributed by atoms with Crippen LogP contribution in [0.15, 0.2) is 199 Å². The molecule has 0 aliphatic carbocycles. The molecular weight excluding hydrogens is 733 g/mol. The summed E-state index contributed by atoms with van der Waals surface area (Å²) in [6.07, 6.45) is 0. The van der Waals surface area contributed by atoms with Crippen molar-refractivity contribution in [2.24, 2.45) is 0 Å². The molecule has 10 aromatic carbocycles. The standard InChI is InChI=1S/C55H32N4O/c1-3-14-36-29-40(23-21-33(36)11-1)53-56-54(41-24-22-34-12-2-4-15-37(34)30-41)58-55(57-53)51-47(28-26-44-43-19-9-10-20-49(43)60-52(44)51)59-46-27-25-35-13-7-8-18-42(35)50(46)45-31-38-16-5-6-17-39(38)32-48(45)59/h1-32H. The van der Waals surface area contributed by atoms with Gasteiger partial charge in [-0.05, 0) is 91.6 Å². The van der Waals surface area contributed by atoms with Crippen LogP contribution in [0.1, 0.15) is 0 Å². The van der Waals surface area contributed by atoms with Crippen molar-refractivity contribution in [3.63, 3.8) is 0 Å². The zero-order valence-electron chi connectivity index (χ0n) is 32.2. The first kappa shape index (κ1) is 32.9. The molecular formula is C55H32N4O. The topological polar surface area (TPSA) is 56.7 Å². The van der Waals surface area contributed by atoms with Gasteiger partial charge in [0.15, 0.2) is 17.5 Å². The van der Waals surface area contributed by atoms with Crippen molar-refractivity contribution in [2.75, 3.05) is 0 Å². The molecule has 13 rings (SSSR count). The van der Waals surface area contributed by atoms with Gasteiger partial charge in [0.1, 0.15) is 11.2 Å². The molecule has 0 saturated heterocycles. The largest absolute Gasteiger partial charge is 0.455 e. The van der Waals surface area contributed by atoms with Gasteiger partial charge in [-0.2, -0.15) is 0 Å². The fourth-order valence-corrected chi connectivity index (χ4v) is 9.32. The number of para-hydroxylation sites is 1. The van der Waals surface area contributed by atoms with Crippen molar-refractivity contribution in [3.8, 4) is 39.9 Å². The van der Waals surface area contributed by atoms with Crippen LogP contribution in [0.3, 0.4) is 0 Å². The molecule has 13 aromatic rings. The van der Waals surface area contributed by atoms with E-state index in [1.54, 1.807) is 0 Å². The van der Waals surface area contributed by atoms with Crippen LogP contribution in [0.2, 0.25) is 0 Å². The van der Waals surface area contributed by atoms with Gasteiger partial charge in [-0.15, -0.1) is 0 Å². The molecule has 3 heterocycles. The van der Waals surface area contributed by atoms with Crippen molar-refractivity contribution in [1.29, 1.82) is 0 Å². The molecule has 0 bridgehead atoms. The number of nitrogens with zero attached hydrogens (tertiary/aromatic N) is 4. The van der Waals surface area contributed by atoms with E-state index in [0.29, 0.717) is 17.5 Å². The predicted molar refractivity (Wildman–Crippen MR) is 248 cm³/mol. The summed E-state index contributed by atoms with van der Waals surface area (Å²) in [7, 11) is 0. The first-order valence-corrected chi connectivity index (χ1v) is 20.3. The van der Waals surface area contributed by atoms with E-state index in [2.05, 4.69) is 187 Å². The summed E-state index contributed by atoms with van der Waals surface area (Å²) >= 11 is 0. The van der Waals surface area contributed by atoms with Crippen LogP contribution in [-0.4, -0.2) is 19.5 Å². The van der Waals surface area contributed by atoms with Crippen LogP contribution in [0.4, 0.5) is 0 Å². The smallest absolute Gasteiger partial charge is 0.170 e. The van der Waals surface area contributed by atoms with Crippen LogP contribution in [0.5, 0.6) is 0 Å². The number of hydrogen-bond donors (Lipinski definition) is 0. The third kappa shape index (κ3) is 4.96. The number of furan rings is 1. The van der Waals surface area contributed by atoms with Crippen LogP contribution >= 0.6 is 0 Å². The van der Waals surface area contributed by atoms with E-state index in [-0.39, 0.29) is 0 Å². The minimum atomic E-state index is 0.535. The lowest BCUT2D eigenvalue weighted by atomic mass is 10.0. The summed E-state index contributed by atoms with van der Waals surface area (Å²) in [4.78, 5) is 16.1. The lowest BCUT2D eigenvalue weighted by Gasteiger charge is -2.16. The molecule has 0 N–H and O–H groups in total. The predicted octanol–water partition coefficient (Wildman–Crippen LogP) is 14.5. The summed E-state index contributed by atoms with van der Waals surface area (Å²) in [6.45, 7) is 0. The van der Waals surface area contributed by atoms with Gasteiger partial charge < -0.3 is 8.98 Å². The lowest BCUT2D eigenvalue weighted by molar-refractivity contribution is 0.669. The second-order valence-corrected chi connectivity index (χ2v) is 15.6. The summed E-state index contributed by atoms with van der Waals surface area (Å²) < 4.78 is 9.32. The van der Waals surface area contributed by atoms with Crippen LogP contribution in [-0.2, 0) is 0 Å². The molecule has 0 fully saturated rings. The number of hydrogen-bond acceptors (Lipinski definition) is 4. The van der Waals surface area contributed by atoms with Crippen molar-refractivity contribution in [3.05, 3.63) is 194 Å². The van der Waals surface area contributed by atoms with E-state index >= 15 is 0 Å². The van der Waals surface area contributed by atoms with Crippen molar-refractivity contribution >= 4 is 86.8 Å². The van der Waals surface area contributed by atoms with Crippen molar-refractivity contribution < 1.29 is 4.42 Å². The summed E-state index contributed by atoms with van der Waals surface area (Å²) in [5.41, 5.74) is 7.27. The van der Waals surface area contributed by atoms with E-state index in [1.807, 2.05) is 12.1 Å². The van der Waals surface area contributed by atoms with Gasteiger partial charge in [0.25, 0.3) is 0 Å². The van der Waals surface area contributed by atoms with Gasteiger partial charge >= 0.3 is 0 Å². The second kappa shape index (κ2) is 12.7.